The minimum absolute atomic E-state index is 0.243. The number of hydrogen-bond acceptors (Lipinski definition) is 3. The van der Waals surface area contributed by atoms with Crippen molar-refractivity contribution in [2.75, 3.05) is 5.73 Å². The molecule has 4 heteroatoms. The lowest BCUT2D eigenvalue weighted by Crippen LogP contribution is -2.14. The number of anilines is 1. The van der Waals surface area contributed by atoms with Crippen molar-refractivity contribution in [3.05, 3.63) is 41.3 Å². The number of halogens is 1. The summed E-state index contributed by atoms with van der Waals surface area (Å²) in [6.07, 6.45) is 3.23. The second kappa shape index (κ2) is 4.61. The molecule has 98 valence electrons. The summed E-state index contributed by atoms with van der Waals surface area (Å²) in [5.74, 6) is 0.466. The van der Waals surface area contributed by atoms with Crippen molar-refractivity contribution in [3.8, 4) is 11.3 Å². The van der Waals surface area contributed by atoms with Crippen LogP contribution in [0.15, 0.2) is 24.3 Å². The van der Waals surface area contributed by atoms with Gasteiger partial charge in [-0.2, -0.15) is 0 Å². The minimum Gasteiger partial charge on any atom is -0.368 e. The van der Waals surface area contributed by atoms with Crippen LogP contribution in [0, 0.1) is 5.82 Å². The Morgan fingerprint density at radius 3 is 2.68 bits per heavy atom. The van der Waals surface area contributed by atoms with Crippen LogP contribution < -0.4 is 5.73 Å². The molecule has 0 saturated carbocycles. The van der Waals surface area contributed by atoms with Crippen molar-refractivity contribution < 1.29 is 4.39 Å². The molecule has 0 saturated heterocycles. The Bertz CT molecular complexity index is 608. The fraction of sp³-hybridized carbons (Fsp3) is 0.333. The molecule has 1 heterocycles. The van der Waals surface area contributed by atoms with E-state index in [-0.39, 0.29) is 5.82 Å². The fourth-order valence-corrected chi connectivity index (χ4v) is 2.74. The minimum atomic E-state index is -0.243. The highest BCUT2D eigenvalue weighted by Crippen LogP contribution is 2.35. The molecule has 1 aromatic heterocycles. The van der Waals surface area contributed by atoms with Gasteiger partial charge in [-0.25, -0.2) is 14.4 Å². The molecule has 0 bridgehead atoms. The van der Waals surface area contributed by atoms with E-state index in [0.717, 1.165) is 36.2 Å². The molecule has 2 aromatic rings. The van der Waals surface area contributed by atoms with Crippen molar-refractivity contribution in [2.24, 2.45) is 0 Å². The van der Waals surface area contributed by atoms with E-state index in [4.69, 9.17) is 5.73 Å². The van der Waals surface area contributed by atoms with Crippen LogP contribution in [0.4, 0.5) is 10.3 Å². The van der Waals surface area contributed by atoms with Gasteiger partial charge in [-0.1, -0.05) is 6.92 Å². The van der Waals surface area contributed by atoms with Gasteiger partial charge in [0.15, 0.2) is 0 Å². The highest BCUT2D eigenvalue weighted by atomic mass is 19.1. The molecule has 0 radical (unpaired) electrons. The van der Waals surface area contributed by atoms with Gasteiger partial charge in [0.05, 0.1) is 11.4 Å². The van der Waals surface area contributed by atoms with E-state index >= 15 is 0 Å². The van der Waals surface area contributed by atoms with Gasteiger partial charge in [-0.3, -0.25) is 0 Å². The number of rotatable bonds is 1. The highest BCUT2D eigenvalue weighted by Gasteiger charge is 2.23. The zero-order chi connectivity index (χ0) is 13.4. The van der Waals surface area contributed by atoms with Crippen molar-refractivity contribution >= 4 is 5.95 Å². The molecule has 1 aromatic carbocycles. The van der Waals surface area contributed by atoms with Crippen LogP contribution >= 0.6 is 0 Å². The maximum absolute atomic E-state index is 13.0. The summed E-state index contributed by atoms with van der Waals surface area (Å²) in [6, 6.07) is 6.39. The van der Waals surface area contributed by atoms with Crippen LogP contribution in [-0.2, 0) is 6.42 Å². The predicted molar refractivity (Wildman–Crippen MR) is 73.2 cm³/mol. The molecule has 2 N–H and O–H groups in total. The van der Waals surface area contributed by atoms with Gasteiger partial charge in [0.1, 0.15) is 5.82 Å². The third-order valence-corrected chi connectivity index (χ3v) is 3.70. The number of nitrogen functional groups attached to an aromatic ring is 1. The van der Waals surface area contributed by atoms with Gasteiger partial charge in [0, 0.05) is 11.1 Å². The summed E-state index contributed by atoms with van der Waals surface area (Å²) in [6.45, 7) is 2.17. The Hall–Kier alpha value is -1.97. The third-order valence-electron chi connectivity index (χ3n) is 3.70. The first-order chi connectivity index (χ1) is 9.15. The van der Waals surface area contributed by atoms with Gasteiger partial charge in [0.25, 0.3) is 0 Å². The van der Waals surface area contributed by atoms with Crippen LogP contribution in [0.1, 0.15) is 36.9 Å². The molecule has 3 nitrogen and oxygen atoms in total. The van der Waals surface area contributed by atoms with Crippen molar-refractivity contribution in [2.45, 2.75) is 32.1 Å². The predicted octanol–water partition coefficient (Wildman–Crippen LogP) is 3.30. The Kier molecular flexibility index (Phi) is 2.93. The monoisotopic (exact) mass is 257 g/mol. The topological polar surface area (TPSA) is 51.8 Å². The lowest BCUT2D eigenvalue weighted by Gasteiger charge is -2.23. The van der Waals surface area contributed by atoms with Crippen molar-refractivity contribution in [3.63, 3.8) is 0 Å². The molecule has 1 aliphatic carbocycles. The average Bonchev–Trinajstić information content (AvgIpc) is 2.40. The zero-order valence-corrected chi connectivity index (χ0v) is 10.9. The van der Waals surface area contributed by atoms with Gasteiger partial charge < -0.3 is 5.73 Å². The molecule has 19 heavy (non-hydrogen) atoms. The quantitative estimate of drug-likeness (QED) is 0.852. The summed E-state index contributed by atoms with van der Waals surface area (Å²) in [5.41, 5.74) is 9.80. The summed E-state index contributed by atoms with van der Waals surface area (Å²) in [4.78, 5) is 8.76. The first kappa shape index (κ1) is 12.1. The Morgan fingerprint density at radius 1 is 1.21 bits per heavy atom. The number of aromatic nitrogens is 2. The summed E-state index contributed by atoms with van der Waals surface area (Å²) in [5, 5.41) is 0. The summed E-state index contributed by atoms with van der Waals surface area (Å²) in [7, 11) is 0. The molecule has 0 aliphatic heterocycles. The number of nitrogens with zero attached hydrogens (tertiary/aromatic N) is 2. The summed E-state index contributed by atoms with van der Waals surface area (Å²) >= 11 is 0. The molecule has 0 spiro atoms. The van der Waals surface area contributed by atoms with Crippen molar-refractivity contribution in [1.82, 2.24) is 9.97 Å². The second-order valence-corrected chi connectivity index (χ2v) is 5.09. The maximum Gasteiger partial charge on any atom is 0.220 e. The molecular formula is C15H16FN3. The third kappa shape index (κ3) is 2.18. The molecule has 1 unspecified atom stereocenters. The van der Waals surface area contributed by atoms with E-state index in [1.165, 1.54) is 17.7 Å². The standard InChI is InChI=1S/C15H16FN3/c1-9-3-2-4-12-13(9)18-15(17)19-14(12)10-5-7-11(16)8-6-10/h5-9H,2-4H2,1H3,(H2,17,18,19). The van der Waals surface area contributed by atoms with E-state index in [2.05, 4.69) is 16.9 Å². The highest BCUT2D eigenvalue weighted by molar-refractivity contribution is 5.65. The van der Waals surface area contributed by atoms with Gasteiger partial charge >= 0.3 is 0 Å². The van der Waals surface area contributed by atoms with Crippen LogP contribution in [-0.4, -0.2) is 9.97 Å². The maximum atomic E-state index is 13.0. The van der Waals surface area contributed by atoms with E-state index in [1.807, 2.05) is 0 Å². The second-order valence-electron chi connectivity index (χ2n) is 5.09. The first-order valence-electron chi connectivity index (χ1n) is 6.57. The fourth-order valence-electron chi connectivity index (χ4n) is 2.74. The molecule has 0 amide bonds. The van der Waals surface area contributed by atoms with E-state index in [9.17, 15) is 4.39 Å². The molecule has 3 rings (SSSR count). The van der Waals surface area contributed by atoms with E-state index in [0.29, 0.717) is 11.9 Å². The Morgan fingerprint density at radius 2 is 1.95 bits per heavy atom. The lowest BCUT2D eigenvalue weighted by molar-refractivity contribution is 0.572. The summed E-state index contributed by atoms with van der Waals surface area (Å²) < 4.78 is 13.0. The Balaban J connectivity index is 2.18. The SMILES string of the molecule is CC1CCCc2c(-c3ccc(F)cc3)nc(N)nc21. The number of fused-ring (bicyclic) bond motifs is 1. The molecule has 1 aliphatic rings. The van der Waals surface area contributed by atoms with E-state index in [1.54, 1.807) is 12.1 Å². The zero-order valence-electron chi connectivity index (χ0n) is 10.9. The average molecular weight is 257 g/mol. The van der Waals surface area contributed by atoms with Gasteiger partial charge in [0.2, 0.25) is 5.95 Å². The molecule has 0 fully saturated rings. The Labute approximate surface area is 111 Å². The number of benzene rings is 1. The van der Waals surface area contributed by atoms with Crippen LogP contribution in [0.3, 0.4) is 0 Å². The lowest BCUT2D eigenvalue weighted by atomic mass is 9.86. The normalized spacial score (nSPS) is 18.1. The first-order valence-corrected chi connectivity index (χ1v) is 6.57. The molecule has 1 atom stereocenters. The smallest absolute Gasteiger partial charge is 0.220 e. The largest absolute Gasteiger partial charge is 0.368 e. The van der Waals surface area contributed by atoms with Crippen molar-refractivity contribution in [1.29, 1.82) is 0 Å². The molecular weight excluding hydrogens is 241 g/mol. The number of hydrogen-bond donors (Lipinski definition) is 1. The number of nitrogens with two attached hydrogens (primary N) is 1. The van der Waals surface area contributed by atoms with E-state index < -0.39 is 0 Å². The van der Waals surface area contributed by atoms with Gasteiger partial charge in [-0.05, 0) is 49.4 Å². The van der Waals surface area contributed by atoms with Crippen LogP contribution in [0.2, 0.25) is 0 Å². The van der Waals surface area contributed by atoms with Gasteiger partial charge in [-0.15, -0.1) is 0 Å². The van der Waals surface area contributed by atoms with Crippen LogP contribution in [0.25, 0.3) is 11.3 Å². The van der Waals surface area contributed by atoms with Crippen LogP contribution in [0.5, 0.6) is 0 Å².